The number of hydrogen-bond acceptors (Lipinski definition) is 3. The van der Waals surface area contributed by atoms with Gasteiger partial charge in [-0.1, -0.05) is 12.1 Å². The third-order valence-electron chi connectivity index (χ3n) is 3.34. The van der Waals surface area contributed by atoms with E-state index in [1.54, 1.807) is 0 Å². The number of anilines is 1. The molecule has 0 saturated heterocycles. The monoisotopic (exact) mass is 258 g/mol. The number of benzene rings is 1. The second kappa shape index (κ2) is 5.89. The summed E-state index contributed by atoms with van der Waals surface area (Å²) < 4.78 is 1.83. The first kappa shape index (κ1) is 13.6. The van der Waals surface area contributed by atoms with Crippen LogP contribution >= 0.6 is 0 Å². The van der Waals surface area contributed by atoms with E-state index in [2.05, 4.69) is 34.3 Å². The van der Waals surface area contributed by atoms with Crippen LogP contribution in [0.3, 0.4) is 0 Å². The smallest absolute Gasteiger partial charge is 0.0521 e. The van der Waals surface area contributed by atoms with Crippen LogP contribution in [0.25, 0.3) is 0 Å². The average molecular weight is 258 g/mol. The van der Waals surface area contributed by atoms with E-state index in [0.717, 1.165) is 12.8 Å². The van der Waals surface area contributed by atoms with Crippen molar-refractivity contribution in [2.45, 2.75) is 18.9 Å². The predicted octanol–water partition coefficient (Wildman–Crippen LogP) is 2.12. The Morgan fingerprint density at radius 3 is 2.47 bits per heavy atom. The first-order valence-electron chi connectivity index (χ1n) is 6.56. The Morgan fingerprint density at radius 2 is 1.95 bits per heavy atom. The number of nitrogens with zero attached hydrogens (tertiary/aromatic N) is 3. The second-order valence-electron chi connectivity index (χ2n) is 5.15. The minimum absolute atomic E-state index is 0.0800. The highest BCUT2D eigenvalue weighted by molar-refractivity contribution is 5.46. The van der Waals surface area contributed by atoms with Gasteiger partial charge < -0.3 is 10.6 Å². The Kier molecular flexibility index (Phi) is 4.22. The van der Waals surface area contributed by atoms with Gasteiger partial charge in [0.1, 0.15) is 0 Å². The van der Waals surface area contributed by atoms with Crippen LogP contribution in [0.15, 0.2) is 36.7 Å². The summed E-state index contributed by atoms with van der Waals surface area (Å²) in [5.41, 5.74) is 9.86. The maximum Gasteiger partial charge on any atom is 0.0521 e. The first-order chi connectivity index (χ1) is 9.06. The van der Waals surface area contributed by atoms with Crippen LogP contribution in [0.2, 0.25) is 0 Å². The Balaban J connectivity index is 1.94. The van der Waals surface area contributed by atoms with Gasteiger partial charge in [-0.2, -0.15) is 5.10 Å². The quantitative estimate of drug-likeness (QED) is 0.893. The Labute approximate surface area is 114 Å². The van der Waals surface area contributed by atoms with Gasteiger partial charge in [0.2, 0.25) is 0 Å². The second-order valence-corrected chi connectivity index (χ2v) is 5.15. The van der Waals surface area contributed by atoms with Gasteiger partial charge in [-0.15, -0.1) is 0 Å². The Morgan fingerprint density at radius 1 is 1.26 bits per heavy atom. The van der Waals surface area contributed by atoms with Gasteiger partial charge in [0.05, 0.1) is 6.20 Å². The van der Waals surface area contributed by atoms with E-state index in [4.69, 9.17) is 5.73 Å². The normalized spacial score (nSPS) is 12.4. The van der Waals surface area contributed by atoms with E-state index in [1.165, 1.54) is 16.8 Å². The van der Waals surface area contributed by atoms with Crippen LogP contribution < -0.4 is 10.6 Å². The van der Waals surface area contributed by atoms with Crippen molar-refractivity contribution in [3.8, 4) is 0 Å². The van der Waals surface area contributed by atoms with Crippen LogP contribution in [0, 0.1) is 0 Å². The van der Waals surface area contributed by atoms with Gasteiger partial charge in [-0.05, 0) is 36.1 Å². The number of nitrogens with two attached hydrogens (primary N) is 1. The largest absolute Gasteiger partial charge is 0.378 e. The third kappa shape index (κ3) is 3.58. The molecule has 102 valence electrons. The molecule has 0 aliphatic heterocycles. The lowest BCUT2D eigenvalue weighted by molar-refractivity contribution is 0.651. The molecule has 0 radical (unpaired) electrons. The molecule has 0 aliphatic carbocycles. The van der Waals surface area contributed by atoms with Crippen LogP contribution in [0.5, 0.6) is 0 Å². The first-order valence-corrected chi connectivity index (χ1v) is 6.56. The highest BCUT2D eigenvalue weighted by Gasteiger charge is 2.07. The van der Waals surface area contributed by atoms with E-state index >= 15 is 0 Å². The molecule has 1 heterocycles. The topological polar surface area (TPSA) is 47.1 Å². The van der Waals surface area contributed by atoms with Crippen molar-refractivity contribution in [2.75, 3.05) is 19.0 Å². The molecule has 0 bridgehead atoms. The zero-order valence-corrected chi connectivity index (χ0v) is 11.9. The molecule has 4 heteroatoms. The van der Waals surface area contributed by atoms with Gasteiger partial charge in [0, 0.05) is 39.1 Å². The molecule has 2 aromatic rings. The van der Waals surface area contributed by atoms with Crippen molar-refractivity contribution in [1.29, 1.82) is 0 Å². The molecular weight excluding hydrogens is 236 g/mol. The van der Waals surface area contributed by atoms with E-state index < -0.39 is 0 Å². The zero-order valence-electron chi connectivity index (χ0n) is 11.9. The Hall–Kier alpha value is -1.81. The summed E-state index contributed by atoms with van der Waals surface area (Å²) in [6.07, 6.45) is 5.85. The molecular formula is C15H22N4. The van der Waals surface area contributed by atoms with Crippen LogP contribution in [-0.4, -0.2) is 23.9 Å². The molecule has 0 amide bonds. The molecule has 1 unspecified atom stereocenters. The fourth-order valence-electron chi connectivity index (χ4n) is 2.11. The van der Waals surface area contributed by atoms with Crippen molar-refractivity contribution in [3.05, 3.63) is 47.8 Å². The average Bonchev–Trinajstić information content (AvgIpc) is 2.82. The van der Waals surface area contributed by atoms with Crippen LogP contribution in [0.4, 0.5) is 5.69 Å². The van der Waals surface area contributed by atoms with E-state index in [9.17, 15) is 0 Å². The molecule has 2 rings (SSSR count). The summed E-state index contributed by atoms with van der Waals surface area (Å²) >= 11 is 0. The van der Waals surface area contributed by atoms with Gasteiger partial charge in [0.25, 0.3) is 0 Å². The summed E-state index contributed by atoms with van der Waals surface area (Å²) in [5, 5.41) is 4.17. The highest BCUT2D eigenvalue weighted by Crippen LogP contribution is 2.20. The maximum absolute atomic E-state index is 6.24. The van der Waals surface area contributed by atoms with E-state index in [-0.39, 0.29) is 6.04 Å². The van der Waals surface area contributed by atoms with Gasteiger partial charge >= 0.3 is 0 Å². The lowest BCUT2D eigenvalue weighted by Crippen LogP contribution is -2.12. The summed E-state index contributed by atoms with van der Waals surface area (Å²) in [5.74, 6) is 0. The fourth-order valence-corrected chi connectivity index (χ4v) is 2.11. The summed E-state index contributed by atoms with van der Waals surface area (Å²) in [6, 6.07) is 8.53. The molecule has 4 nitrogen and oxygen atoms in total. The fraction of sp³-hybridized carbons (Fsp3) is 0.400. The SMILES string of the molecule is CN(C)c1ccc(C(N)CCc2cnn(C)c2)cc1. The van der Waals surface area contributed by atoms with Crippen LogP contribution in [0.1, 0.15) is 23.6 Å². The van der Waals surface area contributed by atoms with Crippen molar-refractivity contribution in [3.63, 3.8) is 0 Å². The van der Waals surface area contributed by atoms with E-state index in [1.807, 2.05) is 38.2 Å². The minimum atomic E-state index is 0.0800. The molecule has 0 fully saturated rings. The van der Waals surface area contributed by atoms with Crippen molar-refractivity contribution >= 4 is 5.69 Å². The third-order valence-corrected chi connectivity index (χ3v) is 3.34. The van der Waals surface area contributed by atoms with Gasteiger partial charge in [-0.3, -0.25) is 4.68 Å². The standard InChI is InChI=1S/C15H22N4/c1-18(2)14-7-5-13(6-8-14)15(16)9-4-12-10-17-19(3)11-12/h5-8,10-11,15H,4,9,16H2,1-3H3. The summed E-state index contributed by atoms with van der Waals surface area (Å²) in [6.45, 7) is 0. The molecule has 0 saturated carbocycles. The van der Waals surface area contributed by atoms with Gasteiger partial charge in [-0.25, -0.2) is 0 Å². The van der Waals surface area contributed by atoms with Gasteiger partial charge in [0.15, 0.2) is 0 Å². The molecule has 19 heavy (non-hydrogen) atoms. The molecule has 1 atom stereocenters. The molecule has 0 aliphatic rings. The highest BCUT2D eigenvalue weighted by atomic mass is 15.2. The number of hydrogen-bond donors (Lipinski definition) is 1. The Bertz CT molecular complexity index is 513. The number of aryl methyl sites for hydroxylation is 2. The minimum Gasteiger partial charge on any atom is -0.378 e. The molecule has 1 aromatic heterocycles. The van der Waals surface area contributed by atoms with Crippen molar-refractivity contribution in [2.24, 2.45) is 12.8 Å². The zero-order chi connectivity index (χ0) is 13.8. The molecule has 0 spiro atoms. The molecule has 2 N–H and O–H groups in total. The predicted molar refractivity (Wildman–Crippen MR) is 79.2 cm³/mol. The summed E-state index contributed by atoms with van der Waals surface area (Å²) in [4.78, 5) is 2.09. The van der Waals surface area contributed by atoms with Crippen molar-refractivity contribution < 1.29 is 0 Å². The number of aromatic nitrogens is 2. The lowest BCUT2D eigenvalue weighted by Gasteiger charge is -2.15. The van der Waals surface area contributed by atoms with Crippen molar-refractivity contribution in [1.82, 2.24) is 9.78 Å². The lowest BCUT2D eigenvalue weighted by atomic mass is 10.0. The number of rotatable bonds is 5. The summed E-state index contributed by atoms with van der Waals surface area (Å²) in [7, 11) is 6.01. The van der Waals surface area contributed by atoms with Crippen LogP contribution in [-0.2, 0) is 13.5 Å². The maximum atomic E-state index is 6.24. The molecule has 1 aromatic carbocycles. The van der Waals surface area contributed by atoms with E-state index in [0.29, 0.717) is 0 Å².